The Labute approximate surface area is 108 Å². The second kappa shape index (κ2) is 5.78. The van der Waals surface area contributed by atoms with Crippen molar-refractivity contribution in [2.45, 2.75) is 12.2 Å². The Morgan fingerprint density at radius 2 is 1.76 bits per heavy atom. The highest BCUT2D eigenvalue weighted by Gasteiger charge is 2.03. The van der Waals surface area contributed by atoms with E-state index in [4.69, 9.17) is 4.74 Å². The number of hydrogen-bond donors (Lipinski definition) is 1. The average molecular weight is 244 g/mol. The summed E-state index contributed by atoms with van der Waals surface area (Å²) >= 11 is 4.33. The van der Waals surface area contributed by atoms with Gasteiger partial charge in [-0.2, -0.15) is 12.6 Å². The van der Waals surface area contributed by atoms with E-state index in [9.17, 15) is 0 Å². The maximum absolute atomic E-state index is 5.29. The third-order valence-electron chi connectivity index (χ3n) is 2.77. The van der Waals surface area contributed by atoms with Crippen LogP contribution in [0.3, 0.4) is 0 Å². The summed E-state index contributed by atoms with van der Waals surface area (Å²) in [5, 5.41) is 0. The van der Waals surface area contributed by atoms with Crippen LogP contribution in [0.4, 0.5) is 0 Å². The summed E-state index contributed by atoms with van der Waals surface area (Å²) in [7, 11) is 1.69. The molecule has 2 aromatic carbocycles. The molecule has 0 aromatic heterocycles. The fourth-order valence-corrected chi connectivity index (χ4v) is 2.14. The molecule has 0 atom stereocenters. The van der Waals surface area contributed by atoms with E-state index < -0.39 is 0 Å². The van der Waals surface area contributed by atoms with Gasteiger partial charge in [-0.25, -0.2) is 0 Å². The zero-order valence-electron chi connectivity index (χ0n) is 9.89. The first kappa shape index (κ1) is 12.1. The Kier molecular flexibility index (Phi) is 4.10. The summed E-state index contributed by atoms with van der Waals surface area (Å²) < 4.78 is 5.29. The molecule has 0 radical (unpaired) electrons. The van der Waals surface area contributed by atoms with E-state index in [1.54, 1.807) is 7.11 Å². The van der Waals surface area contributed by atoms with E-state index in [-0.39, 0.29) is 0 Å². The van der Waals surface area contributed by atoms with Crippen LogP contribution in [0.2, 0.25) is 0 Å². The second-order valence-corrected chi connectivity index (χ2v) is 4.28. The fourth-order valence-electron chi connectivity index (χ4n) is 1.90. The van der Waals surface area contributed by atoms with E-state index in [0.717, 1.165) is 17.7 Å². The molecule has 0 aliphatic rings. The summed E-state index contributed by atoms with van der Waals surface area (Å²) in [5.41, 5.74) is 3.76. The Hall–Kier alpha value is -1.41. The molecule has 0 bridgehead atoms. The highest BCUT2D eigenvalue weighted by molar-refractivity contribution is 7.79. The van der Waals surface area contributed by atoms with Crippen molar-refractivity contribution in [3.63, 3.8) is 0 Å². The summed E-state index contributed by atoms with van der Waals surface area (Å²) in [6, 6.07) is 16.8. The van der Waals surface area contributed by atoms with E-state index in [1.165, 1.54) is 11.1 Å². The molecule has 88 valence electrons. The molecule has 0 aliphatic heterocycles. The standard InChI is InChI=1S/C15H16OS/c1-16-15-8-7-13(10-14(15)11-17)9-12-5-3-2-4-6-12/h2-8,10,17H,9,11H2,1H3. The van der Waals surface area contributed by atoms with E-state index in [2.05, 4.69) is 49.0 Å². The number of thiol groups is 1. The van der Waals surface area contributed by atoms with Crippen LogP contribution in [0, 0.1) is 0 Å². The molecule has 0 amide bonds. The van der Waals surface area contributed by atoms with Crippen LogP contribution in [-0.2, 0) is 12.2 Å². The molecular weight excluding hydrogens is 228 g/mol. The van der Waals surface area contributed by atoms with Gasteiger partial charge in [-0.1, -0.05) is 42.5 Å². The van der Waals surface area contributed by atoms with Gasteiger partial charge in [-0.05, 0) is 23.6 Å². The van der Waals surface area contributed by atoms with Gasteiger partial charge in [0.25, 0.3) is 0 Å². The van der Waals surface area contributed by atoms with E-state index in [0.29, 0.717) is 5.75 Å². The van der Waals surface area contributed by atoms with Gasteiger partial charge in [0.2, 0.25) is 0 Å². The molecule has 2 heteroatoms. The third-order valence-corrected chi connectivity index (χ3v) is 3.11. The molecule has 0 unspecified atom stereocenters. The summed E-state index contributed by atoms with van der Waals surface area (Å²) in [6.45, 7) is 0. The van der Waals surface area contributed by atoms with Crippen molar-refractivity contribution in [1.29, 1.82) is 0 Å². The number of ether oxygens (including phenoxy) is 1. The van der Waals surface area contributed by atoms with Crippen LogP contribution in [-0.4, -0.2) is 7.11 Å². The molecule has 0 saturated heterocycles. The lowest BCUT2D eigenvalue weighted by molar-refractivity contribution is 0.411. The van der Waals surface area contributed by atoms with Gasteiger partial charge in [0.1, 0.15) is 5.75 Å². The van der Waals surface area contributed by atoms with Crippen LogP contribution in [0.5, 0.6) is 5.75 Å². The predicted octanol–water partition coefficient (Wildman–Crippen LogP) is 3.72. The van der Waals surface area contributed by atoms with Crippen LogP contribution in [0.15, 0.2) is 48.5 Å². The van der Waals surface area contributed by atoms with Gasteiger partial charge in [0.05, 0.1) is 7.11 Å². The first-order valence-electron chi connectivity index (χ1n) is 5.64. The number of hydrogen-bond acceptors (Lipinski definition) is 2. The molecule has 0 aliphatic carbocycles. The van der Waals surface area contributed by atoms with Gasteiger partial charge in [-0.3, -0.25) is 0 Å². The number of methoxy groups -OCH3 is 1. The van der Waals surface area contributed by atoms with Crippen LogP contribution < -0.4 is 4.74 Å². The molecule has 0 N–H and O–H groups in total. The van der Waals surface area contributed by atoms with Gasteiger partial charge >= 0.3 is 0 Å². The molecule has 2 aromatic rings. The topological polar surface area (TPSA) is 9.23 Å². The molecule has 0 fully saturated rings. The molecule has 0 heterocycles. The van der Waals surface area contributed by atoms with Gasteiger partial charge in [-0.15, -0.1) is 0 Å². The predicted molar refractivity (Wildman–Crippen MR) is 74.9 cm³/mol. The SMILES string of the molecule is COc1ccc(Cc2ccccc2)cc1CS. The molecule has 17 heavy (non-hydrogen) atoms. The van der Waals surface area contributed by atoms with E-state index >= 15 is 0 Å². The van der Waals surface area contributed by atoms with Crippen molar-refractivity contribution in [3.8, 4) is 5.75 Å². The summed E-state index contributed by atoms with van der Waals surface area (Å²) in [6.07, 6.45) is 0.950. The minimum absolute atomic E-state index is 0.700. The van der Waals surface area contributed by atoms with Crippen LogP contribution in [0.1, 0.15) is 16.7 Å². The molecule has 0 spiro atoms. The Bertz CT molecular complexity index is 480. The zero-order chi connectivity index (χ0) is 12.1. The normalized spacial score (nSPS) is 10.2. The van der Waals surface area contributed by atoms with Gasteiger partial charge in [0.15, 0.2) is 0 Å². The zero-order valence-corrected chi connectivity index (χ0v) is 10.8. The highest BCUT2D eigenvalue weighted by atomic mass is 32.1. The molecule has 1 nitrogen and oxygen atoms in total. The monoisotopic (exact) mass is 244 g/mol. The van der Waals surface area contributed by atoms with Crippen molar-refractivity contribution in [2.24, 2.45) is 0 Å². The van der Waals surface area contributed by atoms with Gasteiger partial charge in [0, 0.05) is 11.3 Å². The maximum Gasteiger partial charge on any atom is 0.122 e. The molecular formula is C15H16OS. The lowest BCUT2D eigenvalue weighted by Crippen LogP contribution is -1.93. The minimum atomic E-state index is 0.700. The first-order valence-corrected chi connectivity index (χ1v) is 6.27. The van der Waals surface area contributed by atoms with Crippen molar-refractivity contribution in [1.82, 2.24) is 0 Å². The Morgan fingerprint density at radius 1 is 1.00 bits per heavy atom. The van der Waals surface area contributed by atoms with E-state index in [1.807, 2.05) is 12.1 Å². The lowest BCUT2D eigenvalue weighted by Gasteiger charge is -2.09. The number of benzene rings is 2. The van der Waals surface area contributed by atoms with Crippen LogP contribution in [0.25, 0.3) is 0 Å². The van der Waals surface area contributed by atoms with Crippen molar-refractivity contribution in [2.75, 3.05) is 7.11 Å². The summed E-state index contributed by atoms with van der Waals surface area (Å²) in [4.78, 5) is 0. The largest absolute Gasteiger partial charge is 0.496 e. The average Bonchev–Trinajstić information content (AvgIpc) is 2.40. The molecule has 2 rings (SSSR count). The Balaban J connectivity index is 2.22. The van der Waals surface area contributed by atoms with Crippen molar-refractivity contribution >= 4 is 12.6 Å². The number of rotatable bonds is 4. The van der Waals surface area contributed by atoms with Crippen molar-refractivity contribution < 1.29 is 4.74 Å². The van der Waals surface area contributed by atoms with Crippen molar-refractivity contribution in [3.05, 3.63) is 65.2 Å². The first-order chi connectivity index (χ1) is 8.33. The highest BCUT2D eigenvalue weighted by Crippen LogP contribution is 2.22. The maximum atomic E-state index is 5.29. The van der Waals surface area contributed by atoms with Gasteiger partial charge < -0.3 is 4.74 Å². The molecule has 0 saturated carbocycles. The smallest absolute Gasteiger partial charge is 0.122 e. The quantitative estimate of drug-likeness (QED) is 0.807. The van der Waals surface area contributed by atoms with Crippen LogP contribution >= 0.6 is 12.6 Å². The minimum Gasteiger partial charge on any atom is -0.496 e. The Morgan fingerprint density at radius 3 is 2.41 bits per heavy atom. The second-order valence-electron chi connectivity index (χ2n) is 3.97. The third kappa shape index (κ3) is 3.04. The summed E-state index contributed by atoms with van der Waals surface area (Å²) in [5.74, 6) is 1.61. The lowest BCUT2D eigenvalue weighted by atomic mass is 10.0. The fraction of sp³-hybridized carbons (Fsp3) is 0.200.